The van der Waals surface area contributed by atoms with E-state index in [9.17, 15) is 0 Å². The number of rotatable bonds is 3. The summed E-state index contributed by atoms with van der Waals surface area (Å²) in [7, 11) is 0. The Labute approximate surface area is 171 Å². The number of halogens is 1. The number of fused-ring (bicyclic) bond motifs is 4. The van der Waals surface area contributed by atoms with E-state index in [1.54, 1.807) is 4.90 Å². The Morgan fingerprint density at radius 2 is 1.89 bits per heavy atom. The molecular formula is C23H27ClN3O+. The molecule has 1 spiro atoms. The van der Waals surface area contributed by atoms with Gasteiger partial charge in [0.2, 0.25) is 5.72 Å². The van der Waals surface area contributed by atoms with Crippen LogP contribution in [0.1, 0.15) is 49.8 Å². The van der Waals surface area contributed by atoms with E-state index in [1.807, 2.05) is 18.2 Å². The molecule has 0 unspecified atom stereocenters. The molecule has 1 fully saturated rings. The van der Waals surface area contributed by atoms with Crippen LogP contribution >= 0.6 is 11.6 Å². The third-order valence-corrected chi connectivity index (χ3v) is 6.76. The van der Waals surface area contributed by atoms with E-state index in [0.717, 1.165) is 54.4 Å². The van der Waals surface area contributed by atoms with Crippen molar-refractivity contribution in [2.75, 3.05) is 19.6 Å². The first-order valence-corrected chi connectivity index (χ1v) is 10.8. The fourth-order valence-electron chi connectivity index (χ4n) is 5.02. The lowest BCUT2D eigenvalue weighted by Crippen LogP contribution is -3.14. The summed E-state index contributed by atoms with van der Waals surface area (Å²) in [6.07, 6.45) is 4.11. The summed E-state index contributed by atoms with van der Waals surface area (Å²) < 4.78 is 6.69. The molecule has 2 aromatic rings. The maximum absolute atomic E-state index is 6.69. The van der Waals surface area contributed by atoms with Crippen molar-refractivity contribution in [1.29, 1.82) is 0 Å². The maximum Gasteiger partial charge on any atom is 0.208 e. The van der Waals surface area contributed by atoms with E-state index in [4.69, 9.17) is 21.4 Å². The van der Waals surface area contributed by atoms with Crippen molar-refractivity contribution in [1.82, 2.24) is 5.01 Å². The van der Waals surface area contributed by atoms with Gasteiger partial charge in [0.15, 0.2) is 0 Å². The summed E-state index contributed by atoms with van der Waals surface area (Å²) in [6, 6.07) is 16.7. The minimum atomic E-state index is -0.334. The summed E-state index contributed by atoms with van der Waals surface area (Å²) in [4.78, 5) is 1.68. The lowest BCUT2D eigenvalue weighted by molar-refractivity contribution is -0.908. The van der Waals surface area contributed by atoms with Crippen LogP contribution in [0.3, 0.4) is 0 Å². The molecule has 1 atom stereocenters. The number of hydrogen-bond donors (Lipinski definition) is 1. The van der Waals surface area contributed by atoms with E-state index in [-0.39, 0.29) is 11.8 Å². The lowest BCUT2D eigenvalue weighted by atomic mass is 9.90. The SMILES string of the molecule is CCC[NH+]1CCC2(CC1)Oc1ccccc1[C@@H]1CC(c3ccccc3Cl)=NN12. The van der Waals surface area contributed by atoms with E-state index < -0.39 is 0 Å². The molecule has 3 heterocycles. The topological polar surface area (TPSA) is 29.3 Å². The maximum atomic E-state index is 6.69. The van der Waals surface area contributed by atoms with Crippen molar-refractivity contribution in [2.45, 2.75) is 44.4 Å². The Morgan fingerprint density at radius 1 is 1.14 bits per heavy atom. The predicted molar refractivity (Wildman–Crippen MR) is 112 cm³/mol. The molecule has 4 nitrogen and oxygen atoms in total. The van der Waals surface area contributed by atoms with Gasteiger partial charge in [-0.1, -0.05) is 54.9 Å². The number of para-hydroxylation sites is 1. The van der Waals surface area contributed by atoms with Crippen LogP contribution in [-0.4, -0.2) is 36.1 Å². The van der Waals surface area contributed by atoms with Gasteiger partial charge in [-0.05, 0) is 18.6 Å². The van der Waals surface area contributed by atoms with Crippen LogP contribution in [0.5, 0.6) is 5.75 Å². The van der Waals surface area contributed by atoms with Crippen molar-refractivity contribution in [3.8, 4) is 5.75 Å². The monoisotopic (exact) mass is 396 g/mol. The highest BCUT2D eigenvalue weighted by Crippen LogP contribution is 2.49. The molecule has 0 bridgehead atoms. The predicted octanol–water partition coefficient (Wildman–Crippen LogP) is 3.67. The molecule has 2 aromatic carbocycles. The van der Waals surface area contributed by atoms with Crippen molar-refractivity contribution >= 4 is 17.3 Å². The van der Waals surface area contributed by atoms with Gasteiger partial charge in [0.25, 0.3) is 0 Å². The smallest absolute Gasteiger partial charge is 0.208 e. The van der Waals surface area contributed by atoms with E-state index in [0.29, 0.717) is 0 Å². The molecule has 1 saturated heterocycles. The van der Waals surface area contributed by atoms with Gasteiger partial charge in [0, 0.05) is 22.6 Å². The molecule has 3 aliphatic heterocycles. The van der Waals surface area contributed by atoms with Crippen molar-refractivity contribution in [3.63, 3.8) is 0 Å². The van der Waals surface area contributed by atoms with Crippen LogP contribution in [0.4, 0.5) is 0 Å². The molecule has 28 heavy (non-hydrogen) atoms. The largest absolute Gasteiger partial charge is 0.466 e. The fraction of sp³-hybridized carbons (Fsp3) is 0.435. The molecule has 0 saturated carbocycles. The first kappa shape index (κ1) is 18.0. The lowest BCUT2D eigenvalue weighted by Gasteiger charge is -2.50. The van der Waals surface area contributed by atoms with E-state index >= 15 is 0 Å². The molecule has 5 heteroatoms. The second-order valence-electron chi connectivity index (χ2n) is 8.18. The van der Waals surface area contributed by atoms with Crippen molar-refractivity contribution in [2.24, 2.45) is 5.10 Å². The number of quaternary nitrogens is 1. The summed E-state index contributed by atoms with van der Waals surface area (Å²) in [5.74, 6) is 1.03. The Bertz CT molecular complexity index is 904. The van der Waals surface area contributed by atoms with Gasteiger partial charge in [0.1, 0.15) is 5.75 Å². The van der Waals surface area contributed by atoms with Crippen molar-refractivity contribution < 1.29 is 9.64 Å². The van der Waals surface area contributed by atoms with Crippen molar-refractivity contribution in [3.05, 3.63) is 64.7 Å². The molecule has 0 aliphatic carbocycles. The minimum Gasteiger partial charge on any atom is -0.466 e. The third-order valence-electron chi connectivity index (χ3n) is 6.43. The van der Waals surface area contributed by atoms with Gasteiger partial charge in [-0.25, -0.2) is 5.01 Å². The number of benzene rings is 2. The second kappa shape index (κ2) is 7.09. The number of nitrogens with one attached hydrogen (secondary N) is 1. The number of ether oxygens (including phenoxy) is 1. The summed E-state index contributed by atoms with van der Waals surface area (Å²) in [5, 5.41) is 8.16. The molecule has 1 N–H and O–H groups in total. The van der Waals surface area contributed by atoms with Gasteiger partial charge in [0.05, 0.1) is 44.2 Å². The average molecular weight is 397 g/mol. The molecule has 0 radical (unpaired) electrons. The first-order chi connectivity index (χ1) is 13.7. The number of hydrogen-bond acceptors (Lipinski definition) is 3. The number of hydrazone groups is 1. The molecule has 0 aromatic heterocycles. The first-order valence-electron chi connectivity index (χ1n) is 10.4. The molecule has 5 rings (SSSR count). The van der Waals surface area contributed by atoms with Gasteiger partial charge < -0.3 is 9.64 Å². The number of likely N-dealkylation sites (tertiary alicyclic amines) is 1. The number of nitrogens with zero attached hydrogens (tertiary/aromatic N) is 2. The second-order valence-corrected chi connectivity index (χ2v) is 8.58. The summed E-state index contributed by atoms with van der Waals surface area (Å²) in [6.45, 7) is 5.78. The quantitative estimate of drug-likeness (QED) is 0.857. The van der Waals surface area contributed by atoms with Crippen LogP contribution < -0.4 is 9.64 Å². The van der Waals surface area contributed by atoms with Gasteiger partial charge in [-0.15, -0.1) is 0 Å². The molecule has 146 valence electrons. The Hall–Kier alpha value is -2.04. The Morgan fingerprint density at radius 3 is 2.68 bits per heavy atom. The Kier molecular flexibility index (Phi) is 4.56. The van der Waals surface area contributed by atoms with E-state index in [1.165, 1.54) is 18.5 Å². The molecular weight excluding hydrogens is 370 g/mol. The van der Waals surface area contributed by atoms with E-state index in [2.05, 4.69) is 42.3 Å². The van der Waals surface area contributed by atoms with Crippen LogP contribution in [0.2, 0.25) is 5.02 Å². The molecule has 0 amide bonds. The zero-order chi connectivity index (χ0) is 19.1. The van der Waals surface area contributed by atoms with Gasteiger partial charge in [-0.3, -0.25) is 0 Å². The summed E-state index contributed by atoms with van der Waals surface area (Å²) in [5.41, 5.74) is 3.01. The highest BCUT2D eigenvalue weighted by molar-refractivity contribution is 6.34. The average Bonchev–Trinajstić information content (AvgIpc) is 3.17. The summed E-state index contributed by atoms with van der Waals surface area (Å²) >= 11 is 6.50. The minimum absolute atomic E-state index is 0.226. The Balaban J connectivity index is 1.53. The van der Waals surface area contributed by atoms with Crippen LogP contribution in [-0.2, 0) is 0 Å². The van der Waals surface area contributed by atoms with Crippen LogP contribution in [0.15, 0.2) is 53.6 Å². The van der Waals surface area contributed by atoms with Gasteiger partial charge in [-0.2, -0.15) is 5.10 Å². The highest BCUT2D eigenvalue weighted by Gasteiger charge is 2.52. The number of piperidine rings is 1. The molecule has 3 aliphatic rings. The standard InChI is InChI=1S/C23H26ClN3O/c1-2-13-26-14-11-23(12-15-26)27-21(18-8-4-6-10-22(18)28-23)16-20(25-27)17-7-3-5-9-19(17)24/h3-10,21H,2,11-16H2,1H3/p+1/t21-/m0/s1. The third kappa shape index (κ3) is 2.90. The van der Waals surface area contributed by atoms with Crippen LogP contribution in [0.25, 0.3) is 0 Å². The zero-order valence-electron chi connectivity index (χ0n) is 16.3. The highest BCUT2D eigenvalue weighted by atomic mass is 35.5. The fourth-order valence-corrected chi connectivity index (χ4v) is 5.26. The zero-order valence-corrected chi connectivity index (χ0v) is 17.1. The van der Waals surface area contributed by atoms with Gasteiger partial charge >= 0.3 is 0 Å². The van der Waals surface area contributed by atoms with Crippen LogP contribution in [0, 0.1) is 0 Å². The normalized spacial score (nSPS) is 28.5.